The van der Waals surface area contributed by atoms with Gasteiger partial charge >= 0.3 is 11.7 Å². The van der Waals surface area contributed by atoms with Crippen LogP contribution in [0.3, 0.4) is 0 Å². The summed E-state index contributed by atoms with van der Waals surface area (Å²) in [5.41, 5.74) is 4.41. The van der Waals surface area contributed by atoms with Gasteiger partial charge in [0.25, 0.3) is 0 Å². The molecule has 1 aliphatic heterocycles. The van der Waals surface area contributed by atoms with E-state index in [1.165, 1.54) is 0 Å². The summed E-state index contributed by atoms with van der Waals surface area (Å²) in [6.45, 7) is 8.26. The minimum absolute atomic E-state index is 0.00586. The summed E-state index contributed by atoms with van der Waals surface area (Å²) in [7, 11) is 0. The molecule has 2 aromatic heterocycles. The normalized spacial score (nSPS) is 15.2. The minimum atomic E-state index is -0.325. The molecule has 3 heterocycles. The summed E-state index contributed by atoms with van der Waals surface area (Å²) in [4.78, 5) is 26.7. The summed E-state index contributed by atoms with van der Waals surface area (Å²) in [6.07, 6.45) is 6.97. The van der Waals surface area contributed by atoms with Crippen LogP contribution in [0.1, 0.15) is 73.5 Å². The Hall–Kier alpha value is -3.22. The number of carbonyl (C=O) groups excluding carboxylic acids is 1. The SMILES string of the molecule is CCOC(=O)c1c(Cn2c3c(n(C4CC4)c2=O)C=CNC3)n(CCC(C)C)c2ccccc12. The zero-order chi connectivity index (χ0) is 23.1. The molecule has 5 rings (SSSR count). The molecule has 0 amide bonds. The molecule has 1 aromatic carbocycles. The third-order valence-corrected chi connectivity index (χ3v) is 6.65. The van der Waals surface area contributed by atoms with Crippen LogP contribution in [0.2, 0.25) is 0 Å². The Bertz CT molecular complexity index is 1290. The molecule has 0 saturated heterocycles. The van der Waals surface area contributed by atoms with Crippen LogP contribution in [0.5, 0.6) is 0 Å². The van der Waals surface area contributed by atoms with Crippen molar-refractivity contribution in [2.75, 3.05) is 6.61 Å². The Morgan fingerprint density at radius 1 is 1.21 bits per heavy atom. The molecule has 1 saturated carbocycles. The van der Waals surface area contributed by atoms with Crippen molar-refractivity contribution in [2.24, 2.45) is 5.92 Å². The molecule has 7 nitrogen and oxygen atoms in total. The first-order chi connectivity index (χ1) is 16.0. The van der Waals surface area contributed by atoms with Gasteiger partial charge in [0.1, 0.15) is 0 Å². The number of ether oxygens (including phenoxy) is 1. The highest BCUT2D eigenvalue weighted by Gasteiger charge is 2.32. The lowest BCUT2D eigenvalue weighted by atomic mass is 10.1. The van der Waals surface area contributed by atoms with E-state index < -0.39 is 0 Å². The number of imidazole rings is 1. The van der Waals surface area contributed by atoms with E-state index in [1.807, 2.05) is 46.5 Å². The summed E-state index contributed by atoms with van der Waals surface area (Å²) in [6, 6.07) is 8.27. The van der Waals surface area contributed by atoms with Crippen LogP contribution in [0.25, 0.3) is 17.0 Å². The average molecular weight is 449 g/mol. The third-order valence-electron chi connectivity index (χ3n) is 6.65. The van der Waals surface area contributed by atoms with E-state index in [0.717, 1.165) is 53.8 Å². The van der Waals surface area contributed by atoms with Gasteiger partial charge in [0, 0.05) is 23.5 Å². The van der Waals surface area contributed by atoms with Crippen LogP contribution in [-0.2, 0) is 24.4 Å². The average Bonchev–Trinajstić information content (AvgIpc) is 3.53. The van der Waals surface area contributed by atoms with Crippen LogP contribution in [0.15, 0.2) is 35.3 Å². The molecule has 1 aliphatic carbocycles. The zero-order valence-corrected chi connectivity index (χ0v) is 19.6. The lowest BCUT2D eigenvalue weighted by molar-refractivity contribution is 0.0527. The van der Waals surface area contributed by atoms with E-state index in [1.54, 1.807) is 0 Å². The van der Waals surface area contributed by atoms with Gasteiger partial charge in [0.15, 0.2) is 0 Å². The number of rotatable bonds is 8. The molecule has 1 fully saturated rings. The second-order valence-corrected chi connectivity index (χ2v) is 9.41. The van der Waals surface area contributed by atoms with Crippen molar-refractivity contribution in [2.45, 2.75) is 65.7 Å². The number of aromatic nitrogens is 3. The maximum atomic E-state index is 13.6. The van der Waals surface area contributed by atoms with Gasteiger partial charge in [-0.1, -0.05) is 32.0 Å². The lowest BCUT2D eigenvalue weighted by Gasteiger charge is -2.16. The molecule has 0 bridgehead atoms. The van der Waals surface area contributed by atoms with Crippen molar-refractivity contribution >= 4 is 22.9 Å². The Morgan fingerprint density at radius 3 is 2.73 bits per heavy atom. The Labute approximate surface area is 193 Å². The highest BCUT2D eigenvalue weighted by molar-refractivity contribution is 6.06. The van der Waals surface area contributed by atoms with Gasteiger partial charge in [-0.15, -0.1) is 0 Å². The first-order valence-electron chi connectivity index (χ1n) is 12.0. The zero-order valence-electron chi connectivity index (χ0n) is 19.6. The van der Waals surface area contributed by atoms with Gasteiger partial charge in [0.05, 0.1) is 42.3 Å². The maximum Gasteiger partial charge on any atom is 0.340 e. The Kier molecular flexibility index (Phi) is 5.64. The number of hydrogen-bond acceptors (Lipinski definition) is 4. The predicted molar refractivity (Wildman–Crippen MR) is 129 cm³/mol. The fraction of sp³-hybridized carbons (Fsp3) is 0.462. The second-order valence-electron chi connectivity index (χ2n) is 9.41. The number of nitrogens with zero attached hydrogens (tertiary/aromatic N) is 3. The molecule has 7 heteroatoms. The van der Waals surface area contributed by atoms with Crippen LogP contribution in [0.4, 0.5) is 0 Å². The summed E-state index contributed by atoms with van der Waals surface area (Å²) >= 11 is 0. The van der Waals surface area contributed by atoms with Gasteiger partial charge < -0.3 is 14.6 Å². The monoisotopic (exact) mass is 448 g/mol. The van der Waals surface area contributed by atoms with Gasteiger partial charge in [-0.05, 0) is 50.4 Å². The van der Waals surface area contributed by atoms with Crippen molar-refractivity contribution in [3.63, 3.8) is 0 Å². The van der Waals surface area contributed by atoms with E-state index in [-0.39, 0.29) is 17.7 Å². The highest BCUT2D eigenvalue weighted by Crippen LogP contribution is 2.37. The van der Waals surface area contributed by atoms with Crippen molar-refractivity contribution < 1.29 is 9.53 Å². The summed E-state index contributed by atoms with van der Waals surface area (Å²) in [5.74, 6) is 0.194. The molecule has 0 atom stereocenters. The molecule has 174 valence electrons. The van der Waals surface area contributed by atoms with Crippen molar-refractivity contribution in [3.05, 3.63) is 63.6 Å². The predicted octanol–water partition coefficient (Wildman–Crippen LogP) is 4.28. The first kappa shape index (κ1) is 21.6. The second kappa shape index (κ2) is 8.61. The number of hydrogen-bond donors (Lipinski definition) is 1. The van der Waals surface area contributed by atoms with Crippen molar-refractivity contribution in [1.29, 1.82) is 0 Å². The van der Waals surface area contributed by atoms with E-state index >= 15 is 0 Å². The number of benzene rings is 1. The molecule has 0 radical (unpaired) electrons. The lowest BCUT2D eigenvalue weighted by Crippen LogP contribution is -2.27. The van der Waals surface area contributed by atoms with Crippen LogP contribution < -0.4 is 11.0 Å². The fourth-order valence-corrected chi connectivity index (χ4v) is 4.87. The van der Waals surface area contributed by atoms with Gasteiger partial charge in [0.2, 0.25) is 0 Å². The van der Waals surface area contributed by atoms with Crippen LogP contribution >= 0.6 is 0 Å². The summed E-state index contributed by atoms with van der Waals surface area (Å²) < 4.78 is 11.5. The quantitative estimate of drug-likeness (QED) is 0.522. The smallest absolute Gasteiger partial charge is 0.340 e. The summed E-state index contributed by atoms with van der Waals surface area (Å²) in [5, 5.41) is 4.14. The molecule has 1 N–H and O–H groups in total. The third kappa shape index (κ3) is 3.79. The number of para-hydroxylation sites is 1. The molecular formula is C26H32N4O3. The van der Waals surface area contributed by atoms with E-state index in [0.29, 0.717) is 31.2 Å². The van der Waals surface area contributed by atoms with Crippen LogP contribution in [0, 0.1) is 5.92 Å². The topological polar surface area (TPSA) is 70.2 Å². The molecule has 3 aromatic rings. The molecule has 33 heavy (non-hydrogen) atoms. The number of esters is 1. The van der Waals surface area contributed by atoms with E-state index in [2.05, 4.69) is 29.8 Å². The minimum Gasteiger partial charge on any atom is -0.462 e. The van der Waals surface area contributed by atoms with Crippen molar-refractivity contribution in [1.82, 2.24) is 19.0 Å². The van der Waals surface area contributed by atoms with Gasteiger partial charge in [-0.2, -0.15) is 0 Å². The number of fused-ring (bicyclic) bond motifs is 2. The largest absolute Gasteiger partial charge is 0.462 e. The standard InChI is InChI=1S/C26H32N4O3/c1-4-33-25(31)24-19-7-5-6-8-20(19)28(14-12-17(2)3)23(24)16-29-22-15-27-13-11-21(22)30(26(29)32)18-9-10-18/h5-8,11,13,17-18,27H,4,9-10,12,14-16H2,1-3H3. The Morgan fingerprint density at radius 2 is 2.00 bits per heavy atom. The fourth-order valence-electron chi connectivity index (χ4n) is 4.87. The Balaban J connectivity index is 1.70. The molecular weight excluding hydrogens is 416 g/mol. The number of nitrogens with one attached hydrogen (secondary N) is 1. The van der Waals surface area contributed by atoms with E-state index in [4.69, 9.17) is 4.74 Å². The van der Waals surface area contributed by atoms with Gasteiger partial charge in [-0.25, -0.2) is 9.59 Å². The first-order valence-corrected chi connectivity index (χ1v) is 12.0. The maximum absolute atomic E-state index is 13.6. The molecule has 0 spiro atoms. The molecule has 2 aliphatic rings. The molecule has 0 unspecified atom stereocenters. The van der Waals surface area contributed by atoms with Crippen LogP contribution in [-0.4, -0.2) is 26.3 Å². The number of aryl methyl sites for hydroxylation is 1. The van der Waals surface area contributed by atoms with E-state index in [9.17, 15) is 9.59 Å². The van der Waals surface area contributed by atoms with Gasteiger partial charge in [-0.3, -0.25) is 9.13 Å². The number of carbonyl (C=O) groups is 1. The highest BCUT2D eigenvalue weighted by atomic mass is 16.5. The van der Waals surface area contributed by atoms with Crippen molar-refractivity contribution in [3.8, 4) is 0 Å².